The summed E-state index contributed by atoms with van der Waals surface area (Å²) >= 11 is 0. The topological polar surface area (TPSA) is 70.1 Å². The highest BCUT2D eigenvalue weighted by atomic mass is 16.5. The number of hydrogen-bond acceptors (Lipinski definition) is 3. The van der Waals surface area contributed by atoms with Gasteiger partial charge in [-0.3, -0.25) is 4.79 Å². The van der Waals surface area contributed by atoms with Crippen LogP contribution in [0.2, 0.25) is 0 Å². The first-order valence-electron chi connectivity index (χ1n) is 7.34. The van der Waals surface area contributed by atoms with Crippen molar-refractivity contribution in [2.24, 2.45) is 11.8 Å². The Labute approximate surface area is 119 Å². The molecule has 0 radical (unpaired) electrons. The fourth-order valence-corrected chi connectivity index (χ4v) is 2.26. The molecular weight excluding hydrogens is 260 g/mol. The van der Waals surface area contributed by atoms with E-state index in [1.807, 2.05) is 4.90 Å². The number of amides is 2. The Balaban J connectivity index is 1.93. The maximum absolute atomic E-state index is 12.5. The molecule has 0 aromatic carbocycles. The Morgan fingerprint density at radius 3 is 2.05 bits per heavy atom. The number of urea groups is 1. The van der Waals surface area contributed by atoms with Crippen LogP contribution in [0.25, 0.3) is 0 Å². The highest BCUT2D eigenvalue weighted by molar-refractivity contribution is 5.80. The van der Waals surface area contributed by atoms with Crippen LogP contribution in [0.3, 0.4) is 0 Å². The van der Waals surface area contributed by atoms with Crippen molar-refractivity contribution in [1.29, 1.82) is 0 Å². The molecule has 1 N–H and O–H groups in total. The van der Waals surface area contributed by atoms with Crippen LogP contribution in [0.4, 0.5) is 4.79 Å². The van der Waals surface area contributed by atoms with E-state index in [0.717, 1.165) is 13.1 Å². The Morgan fingerprint density at radius 1 is 1.10 bits per heavy atom. The van der Waals surface area contributed by atoms with Gasteiger partial charge in [0.2, 0.25) is 0 Å². The predicted molar refractivity (Wildman–Crippen MR) is 73.5 cm³/mol. The molecule has 2 saturated carbocycles. The number of methoxy groups -OCH3 is 1. The van der Waals surface area contributed by atoms with Gasteiger partial charge in [0, 0.05) is 26.7 Å². The molecular formula is C14H24N2O4. The molecule has 0 heterocycles. The normalized spacial score (nSPS) is 17.9. The summed E-state index contributed by atoms with van der Waals surface area (Å²) in [5.74, 6) is 0.255. The zero-order valence-electron chi connectivity index (χ0n) is 12.1. The van der Waals surface area contributed by atoms with E-state index < -0.39 is 5.97 Å². The smallest absolute Gasteiger partial charge is 0.323 e. The van der Waals surface area contributed by atoms with Gasteiger partial charge in [0.15, 0.2) is 0 Å². The summed E-state index contributed by atoms with van der Waals surface area (Å²) in [7, 11) is 1.55. The van der Waals surface area contributed by atoms with E-state index >= 15 is 0 Å². The molecule has 0 aliphatic heterocycles. The monoisotopic (exact) mass is 284 g/mol. The Morgan fingerprint density at radius 2 is 1.65 bits per heavy atom. The van der Waals surface area contributed by atoms with Gasteiger partial charge in [-0.1, -0.05) is 0 Å². The van der Waals surface area contributed by atoms with Crippen molar-refractivity contribution in [1.82, 2.24) is 9.80 Å². The van der Waals surface area contributed by atoms with Crippen LogP contribution in [-0.4, -0.2) is 66.8 Å². The fraction of sp³-hybridized carbons (Fsp3) is 0.857. The van der Waals surface area contributed by atoms with Crippen molar-refractivity contribution in [3.8, 4) is 0 Å². The van der Waals surface area contributed by atoms with Crippen LogP contribution in [0.1, 0.15) is 25.7 Å². The number of aliphatic carboxylic acids is 1. The molecule has 2 rings (SSSR count). The Kier molecular flexibility index (Phi) is 5.23. The standard InChI is InChI=1S/C14H24N2O4/c1-20-7-6-15(10-13(17)18)14(19)16(8-11-2-3-11)9-12-4-5-12/h11-12H,2-10H2,1H3,(H,17,18). The third-order valence-electron chi connectivity index (χ3n) is 3.78. The Hall–Kier alpha value is -1.30. The van der Waals surface area contributed by atoms with E-state index in [9.17, 15) is 9.59 Å². The number of nitrogens with zero attached hydrogens (tertiary/aromatic N) is 2. The molecule has 0 spiro atoms. The van der Waals surface area contributed by atoms with Gasteiger partial charge in [-0.2, -0.15) is 0 Å². The molecule has 2 fully saturated rings. The molecule has 0 aromatic rings. The van der Waals surface area contributed by atoms with E-state index in [0.29, 0.717) is 25.0 Å². The first-order valence-corrected chi connectivity index (χ1v) is 7.34. The van der Waals surface area contributed by atoms with Crippen LogP contribution in [0.15, 0.2) is 0 Å². The van der Waals surface area contributed by atoms with E-state index in [1.54, 1.807) is 7.11 Å². The highest BCUT2D eigenvalue weighted by Gasteiger charge is 2.33. The third kappa shape index (κ3) is 5.00. The van der Waals surface area contributed by atoms with Crippen LogP contribution < -0.4 is 0 Å². The van der Waals surface area contributed by atoms with E-state index in [2.05, 4.69) is 0 Å². The van der Waals surface area contributed by atoms with Gasteiger partial charge in [-0.05, 0) is 37.5 Å². The summed E-state index contributed by atoms with van der Waals surface area (Å²) in [4.78, 5) is 26.7. The lowest BCUT2D eigenvalue weighted by molar-refractivity contribution is -0.137. The maximum Gasteiger partial charge on any atom is 0.323 e. The number of hydrogen-bond donors (Lipinski definition) is 1. The van der Waals surface area contributed by atoms with E-state index in [1.165, 1.54) is 30.6 Å². The van der Waals surface area contributed by atoms with Gasteiger partial charge in [0.05, 0.1) is 6.61 Å². The average molecular weight is 284 g/mol. The molecule has 0 aromatic heterocycles. The van der Waals surface area contributed by atoms with Crippen LogP contribution in [-0.2, 0) is 9.53 Å². The molecule has 6 heteroatoms. The van der Waals surface area contributed by atoms with Crippen molar-refractivity contribution in [3.05, 3.63) is 0 Å². The number of carbonyl (C=O) groups is 2. The van der Waals surface area contributed by atoms with E-state index in [-0.39, 0.29) is 12.6 Å². The lowest BCUT2D eigenvalue weighted by atomic mass is 10.3. The zero-order chi connectivity index (χ0) is 14.5. The van der Waals surface area contributed by atoms with Crippen molar-refractivity contribution < 1.29 is 19.4 Å². The van der Waals surface area contributed by atoms with E-state index in [4.69, 9.17) is 9.84 Å². The third-order valence-corrected chi connectivity index (χ3v) is 3.78. The summed E-state index contributed by atoms with van der Waals surface area (Å²) in [6, 6.07) is -0.150. The largest absolute Gasteiger partial charge is 0.480 e. The predicted octanol–water partition coefficient (Wildman–Crippen LogP) is 1.26. The first kappa shape index (κ1) is 15.1. The quantitative estimate of drug-likeness (QED) is 0.692. The lowest BCUT2D eigenvalue weighted by Gasteiger charge is -2.30. The summed E-state index contributed by atoms with van der Waals surface area (Å²) in [5, 5.41) is 8.95. The van der Waals surface area contributed by atoms with Crippen molar-refractivity contribution in [2.45, 2.75) is 25.7 Å². The van der Waals surface area contributed by atoms with Crippen molar-refractivity contribution in [2.75, 3.05) is 39.9 Å². The second kappa shape index (κ2) is 6.92. The number of carboxylic acids is 1. The maximum atomic E-state index is 12.5. The van der Waals surface area contributed by atoms with Gasteiger partial charge in [-0.15, -0.1) is 0 Å². The number of carboxylic acid groups (broad SMARTS) is 1. The highest BCUT2D eigenvalue weighted by Crippen LogP contribution is 2.34. The molecule has 0 unspecified atom stereocenters. The summed E-state index contributed by atoms with van der Waals surface area (Å²) < 4.78 is 4.97. The Bertz CT molecular complexity index is 339. The van der Waals surface area contributed by atoms with Crippen LogP contribution >= 0.6 is 0 Å². The summed E-state index contributed by atoms with van der Waals surface area (Å²) in [6.07, 6.45) is 4.74. The molecule has 6 nitrogen and oxygen atoms in total. The van der Waals surface area contributed by atoms with Gasteiger partial charge in [0.1, 0.15) is 6.54 Å². The van der Waals surface area contributed by atoms with Crippen LogP contribution in [0, 0.1) is 11.8 Å². The molecule has 20 heavy (non-hydrogen) atoms. The molecule has 2 aliphatic carbocycles. The summed E-state index contributed by atoms with van der Waals surface area (Å²) in [5.41, 5.74) is 0. The fourth-order valence-electron chi connectivity index (χ4n) is 2.26. The minimum atomic E-state index is -0.979. The second-order valence-electron chi connectivity index (χ2n) is 5.88. The first-order chi connectivity index (χ1) is 9.60. The number of carbonyl (C=O) groups excluding carboxylic acids is 1. The second-order valence-corrected chi connectivity index (χ2v) is 5.88. The zero-order valence-corrected chi connectivity index (χ0v) is 12.1. The van der Waals surface area contributed by atoms with Gasteiger partial charge >= 0.3 is 12.0 Å². The molecule has 0 saturated heterocycles. The molecule has 0 atom stereocenters. The molecule has 2 aliphatic rings. The van der Waals surface area contributed by atoms with Gasteiger partial charge in [0.25, 0.3) is 0 Å². The minimum absolute atomic E-state index is 0.150. The molecule has 0 bridgehead atoms. The SMILES string of the molecule is COCCN(CC(=O)O)C(=O)N(CC1CC1)CC1CC1. The van der Waals surface area contributed by atoms with Crippen molar-refractivity contribution in [3.63, 3.8) is 0 Å². The lowest BCUT2D eigenvalue weighted by Crippen LogP contribution is -2.48. The van der Waals surface area contributed by atoms with Crippen molar-refractivity contribution >= 4 is 12.0 Å². The minimum Gasteiger partial charge on any atom is -0.480 e. The van der Waals surface area contributed by atoms with Gasteiger partial charge in [-0.25, -0.2) is 4.79 Å². The number of rotatable bonds is 9. The van der Waals surface area contributed by atoms with Crippen LogP contribution in [0.5, 0.6) is 0 Å². The van der Waals surface area contributed by atoms with Gasteiger partial charge < -0.3 is 19.6 Å². The molecule has 2 amide bonds. The molecule has 114 valence electrons. The number of ether oxygens (including phenoxy) is 1. The summed E-state index contributed by atoms with van der Waals surface area (Å²) in [6.45, 7) is 1.98. The average Bonchev–Trinajstić information content (AvgIpc) is 3.27.